The van der Waals surface area contributed by atoms with Gasteiger partial charge in [0.15, 0.2) is 11.5 Å². The highest BCUT2D eigenvalue weighted by atomic mass is 16.7. The lowest BCUT2D eigenvalue weighted by Crippen LogP contribution is -2.39. The normalized spacial score (nSPS) is 13.0. The Morgan fingerprint density at radius 1 is 0.882 bits per heavy atom. The summed E-state index contributed by atoms with van der Waals surface area (Å²) in [6.07, 6.45) is 0. The lowest BCUT2D eigenvalue weighted by Gasteiger charge is -2.22. The molecular formula is C27H23N3O4. The Labute approximate surface area is 196 Å². The number of carbonyl (C=O) groups excluding carboxylic acids is 1. The van der Waals surface area contributed by atoms with Crippen molar-refractivity contribution in [1.29, 1.82) is 0 Å². The predicted molar refractivity (Wildman–Crippen MR) is 128 cm³/mol. The van der Waals surface area contributed by atoms with Crippen molar-refractivity contribution in [2.45, 2.75) is 19.0 Å². The van der Waals surface area contributed by atoms with Crippen LogP contribution in [-0.2, 0) is 4.79 Å². The number of fused-ring (bicyclic) bond motifs is 1. The van der Waals surface area contributed by atoms with E-state index in [9.17, 15) is 9.59 Å². The number of carbonyl (C=O) groups is 1. The molecule has 0 fully saturated rings. The summed E-state index contributed by atoms with van der Waals surface area (Å²) in [5, 5.41) is 7.58. The number of benzene rings is 3. The monoisotopic (exact) mass is 453 g/mol. The second-order valence-corrected chi connectivity index (χ2v) is 8.01. The van der Waals surface area contributed by atoms with Gasteiger partial charge in [0, 0.05) is 11.6 Å². The molecule has 1 amide bonds. The maximum atomic E-state index is 13.3. The van der Waals surface area contributed by atoms with Crippen molar-refractivity contribution < 1.29 is 14.3 Å². The van der Waals surface area contributed by atoms with Gasteiger partial charge < -0.3 is 14.8 Å². The molecule has 2 heterocycles. The van der Waals surface area contributed by atoms with Crippen LogP contribution in [0.3, 0.4) is 0 Å². The summed E-state index contributed by atoms with van der Waals surface area (Å²) in [6, 6.07) is 26.8. The summed E-state index contributed by atoms with van der Waals surface area (Å²) in [6.45, 7) is 1.84. The highest BCUT2D eigenvalue weighted by Gasteiger charge is 2.23. The zero-order chi connectivity index (χ0) is 23.5. The van der Waals surface area contributed by atoms with Crippen LogP contribution in [-0.4, -0.2) is 22.5 Å². The molecule has 1 atom stereocenters. The van der Waals surface area contributed by atoms with Gasteiger partial charge in [-0.15, -0.1) is 0 Å². The molecule has 0 aliphatic carbocycles. The number of rotatable bonds is 6. The van der Waals surface area contributed by atoms with E-state index in [0.29, 0.717) is 17.2 Å². The van der Waals surface area contributed by atoms with Crippen LogP contribution in [0.15, 0.2) is 95.8 Å². The Balaban J connectivity index is 1.43. The average Bonchev–Trinajstić information content (AvgIpc) is 3.36. The number of aromatic nitrogens is 2. The molecular weight excluding hydrogens is 430 g/mol. The van der Waals surface area contributed by atoms with E-state index in [1.165, 1.54) is 10.7 Å². The zero-order valence-corrected chi connectivity index (χ0v) is 18.5. The molecule has 7 heteroatoms. The Hall–Kier alpha value is -4.39. The van der Waals surface area contributed by atoms with E-state index >= 15 is 0 Å². The highest BCUT2D eigenvalue weighted by Crippen LogP contribution is 2.35. The topological polar surface area (TPSA) is 82.5 Å². The number of nitrogens with one attached hydrogen (secondary N) is 1. The van der Waals surface area contributed by atoms with Gasteiger partial charge in [-0.3, -0.25) is 9.59 Å². The van der Waals surface area contributed by atoms with Crippen molar-refractivity contribution in [2.75, 3.05) is 6.79 Å². The molecule has 1 aromatic heterocycles. The molecule has 7 nitrogen and oxygen atoms in total. The maximum absolute atomic E-state index is 13.3. The molecule has 0 spiro atoms. The fraction of sp³-hybridized carbons (Fsp3) is 0.148. The van der Waals surface area contributed by atoms with Crippen molar-refractivity contribution in [3.8, 4) is 22.8 Å². The van der Waals surface area contributed by atoms with Gasteiger partial charge in [-0.2, -0.15) is 5.10 Å². The largest absolute Gasteiger partial charge is 0.454 e. The Morgan fingerprint density at radius 2 is 1.53 bits per heavy atom. The van der Waals surface area contributed by atoms with Crippen molar-refractivity contribution in [1.82, 2.24) is 15.1 Å². The molecule has 0 bridgehead atoms. The van der Waals surface area contributed by atoms with E-state index in [4.69, 9.17) is 9.47 Å². The number of ether oxygens (including phenoxy) is 2. The van der Waals surface area contributed by atoms with Crippen LogP contribution in [0.5, 0.6) is 11.5 Å². The first-order chi connectivity index (χ1) is 16.6. The zero-order valence-electron chi connectivity index (χ0n) is 18.5. The number of nitrogens with zero attached hydrogens (tertiary/aromatic N) is 2. The Bertz CT molecular complexity index is 1330. The van der Waals surface area contributed by atoms with Crippen LogP contribution < -0.4 is 20.3 Å². The van der Waals surface area contributed by atoms with E-state index in [-0.39, 0.29) is 24.3 Å². The van der Waals surface area contributed by atoms with E-state index < -0.39 is 6.04 Å². The maximum Gasteiger partial charge on any atom is 0.267 e. The lowest BCUT2D eigenvalue weighted by atomic mass is 9.98. The summed E-state index contributed by atoms with van der Waals surface area (Å²) >= 11 is 0. The molecule has 170 valence electrons. The van der Waals surface area contributed by atoms with Crippen molar-refractivity contribution in [3.63, 3.8) is 0 Å². The summed E-state index contributed by atoms with van der Waals surface area (Å²) < 4.78 is 12.0. The highest BCUT2D eigenvalue weighted by molar-refractivity contribution is 5.80. The molecule has 1 unspecified atom stereocenters. The van der Waals surface area contributed by atoms with Crippen LogP contribution in [0.2, 0.25) is 0 Å². The molecule has 5 rings (SSSR count). The third-order valence-corrected chi connectivity index (χ3v) is 5.79. The summed E-state index contributed by atoms with van der Waals surface area (Å²) in [7, 11) is 0. The summed E-state index contributed by atoms with van der Waals surface area (Å²) in [5.74, 6) is 0.976. The van der Waals surface area contributed by atoms with Crippen LogP contribution in [0, 0.1) is 0 Å². The minimum absolute atomic E-state index is 0.174. The second kappa shape index (κ2) is 9.23. The Kier molecular flexibility index (Phi) is 5.82. The average molecular weight is 453 g/mol. The molecule has 34 heavy (non-hydrogen) atoms. The van der Waals surface area contributed by atoms with Gasteiger partial charge in [0.25, 0.3) is 5.56 Å². The minimum Gasteiger partial charge on any atom is -0.454 e. The van der Waals surface area contributed by atoms with Gasteiger partial charge in [-0.25, -0.2) is 4.68 Å². The molecule has 0 saturated heterocycles. The molecule has 3 aromatic carbocycles. The van der Waals surface area contributed by atoms with Gasteiger partial charge in [-0.05, 0) is 42.3 Å². The smallest absolute Gasteiger partial charge is 0.267 e. The van der Waals surface area contributed by atoms with E-state index in [1.54, 1.807) is 19.1 Å². The van der Waals surface area contributed by atoms with Crippen LogP contribution in [0.25, 0.3) is 11.3 Å². The number of hydrogen-bond donors (Lipinski definition) is 1. The fourth-order valence-electron chi connectivity index (χ4n) is 3.94. The standard InChI is InChI=1S/C27H23N3O4/c1-18(27(32)28-26(19-8-4-2-5-9-19)20-10-6-3-7-11-20)30-25(31)15-13-22(29-30)21-12-14-23-24(16-21)34-17-33-23/h2-16,18,26H,17H2,1H3,(H,28,32). The van der Waals surface area contributed by atoms with E-state index in [1.807, 2.05) is 72.8 Å². The summed E-state index contributed by atoms with van der Waals surface area (Å²) in [5.41, 5.74) is 2.85. The second-order valence-electron chi connectivity index (χ2n) is 8.01. The molecule has 4 aromatic rings. The van der Waals surface area contributed by atoms with Gasteiger partial charge in [-0.1, -0.05) is 60.7 Å². The molecule has 1 aliphatic rings. The fourth-order valence-corrected chi connectivity index (χ4v) is 3.94. The minimum atomic E-state index is -0.823. The number of hydrogen-bond acceptors (Lipinski definition) is 5. The molecule has 1 N–H and O–H groups in total. The first-order valence-corrected chi connectivity index (χ1v) is 11.0. The van der Waals surface area contributed by atoms with Gasteiger partial charge in [0.05, 0.1) is 11.7 Å². The number of amides is 1. The van der Waals surface area contributed by atoms with Crippen molar-refractivity contribution >= 4 is 5.91 Å². The summed E-state index contributed by atoms with van der Waals surface area (Å²) in [4.78, 5) is 25.9. The molecule has 1 aliphatic heterocycles. The van der Waals surface area contributed by atoms with Crippen LogP contribution in [0.4, 0.5) is 0 Å². The van der Waals surface area contributed by atoms with Gasteiger partial charge in [0.2, 0.25) is 12.7 Å². The molecule has 0 radical (unpaired) electrons. The Morgan fingerprint density at radius 3 is 2.21 bits per heavy atom. The first kappa shape index (κ1) is 21.5. The van der Waals surface area contributed by atoms with E-state index in [2.05, 4.69) is 10.4 Å². The van der Waals surface area contributed by atoms with Gasteiger partial charge in [0.1, 0.15) is 6.04 Å². The van der Waals surface area contributed by atoms with E-state index in [0.717, 1.165) is 16.7 Å². The molecule has 0 saturated carbocycles. The van der Waals surface area contributed by atoms with Crippen molar-refractivity contribution in [3.05, 3.63) is 112 Å². The van der Waals surface area contributed by atoms with Crippen LogP contribution in [0.1, 0.15) is 30.1 Å². The SMILES string of the molecule is CC(C(=O)NC(c1ccccc1)c1ccccc1)n1nc(-c2ccc3c(c2)OCO3)ccc1=O. The van der Waals surface area contributed by atoms with Gasteiger partial charge >= 0.3 is 0 Å². The third kappa shape index (κ3) is 4.28. The predicted octanol–water partition coefficient (Wildman–Crippen LogP) is 4.11. The first-order valence-electron chi connectivity index (χ1n) is 11.0. The van der Waals surface area contributed by atoms with Crippen LogP contribution >= 0.6 is 0 Å². The van der Waals surface area contributed by atoms with Crippen molar-refractivity contribution in [2.24, 2.45) is 0 Å². The quantitative estimate of drug-likeness (QED) is 0.475. The third-order valence-electron chi connectivity index (χ3n) is 5.79. The lowest BCUT2D eigenvalue weighted by molar-refractivity contribution is -0.124.